The van der Waals surface area contributed by atoms with Gasteiger partial charge in [-0.2, -0.15) is 0 Å². The number of sulfonamides is 1. The van der Waals surface area contributed by atoms with E-state index < -0.39 is 10.0 Å². The molecule has 1 aliphatic carbocycles. The molecule has 1 saturated carbocycles. The van der Waals surface area contributed by atoms with Crippen molar-refractivity contribution in [2.24, 2.45) is 0 Å². The summed E-state index contributed by atoms with van der Waals surface area (Å²) in [4.78, 5) is 14.3. The van der Waals surface area contributed by atoms with Gasteiger partial charge in [-0.25, -0.2) is 13.1 Å². The van der Waals surface area contributed by atoms with Gasteiger partial charge in [-0.15, -0.1) is 11.3 Å². The van der Waals surface area contributed by atoms with Gasteiger partial charge in [-0.1, -0.05) is 18.2 Å². The minimum Gasteiger partial charge on any atom is -0.497 e. The Morgan fingerprint density at radius 2 is 2.00 bits per heavy atom. The number of nitrogens with zero attached hydrogens (tertiary/aromatic N) is 1. The Morgan fingerprint density at radius 1 is 1.28 bits per heavy atom. The summed E-state index contributed by atoms with van der Waals surface area (Å²) in [6, 6.07) is 10.9. The number of carbonyl (C=O) groups excluding carboxylic acids is 1. The highest BCUT2D eigenvalue weighted by Crippen LogP contribution is 2.28. The maximum Gasteiger partial charge on any atom is 0.250 e. The number of hydrogen-bond acceptors (Lipinski definition) is 5. The number of benzene rings is 1. The monoisotopic (exact) mass is 380 g/mol. The van der Waals surface area contributed by atoms with Crippen molar-refractivity contribution in [1.82, 2.24) is 9.62 Å². The van der Waals surface area contributed by atoms with Crippen LogP contribution in [-0.2, 0) is 21.4 Å². The Kier molecular flexibility index (Phi) is 5.41. The van der Waals surface area contributed by atoms with Gasteiger partial charge < -0.3 is 9.64 Å². The topological polar surface area (TPSA) is 75.7 Å². The number of nitrogens with one attached hydrogen (secondary N) is 1. The largest absolute Gasteiger partial charge is 0.497 e. The van der Waals surface area contributed by atoms with Gasteiger partial charge in [-0.05, 0) is 42.0 Å². The predicted octanol–water partition coefficient (Wildman–Crippen LogP) is 2.23. The van der Waals surface area contributed by atoms with Crippen LogP contribution in [0.3, 0.4) is 0 Å². The molecule has 1 aromatic carbocycles. The Hall–Kier alpha value is -1.90. The van der Waals surface area contributed by atoms with Crippen LogP contribution < -0.4 is 9.46 Å². The molecule has 134 valence electrons. The van der Waals surface area contributed by atoms with Crippen LogP contribution in [0.25, 0.3) is 0 Å². The summed E-state index contributed by atoms with van der Waals surface area (Å²) in [5, 5.41) is 1.69. The number of carbonyl (C=O) groups is 1. The van der Waals surface area contributed by atoms with Gasteiger partial charge in [-0.3, -0.25) is 4.79 Å². The lowest BCUT2D eigenvalue weighted by atomic mass is 10.2. The highest BCUT2D eigenvalue weighted by molar-refractivity contribution is 7.91. The van der Waals surface area contributed by atoms with Crippen LogP contribution in [0.4, 0.5) is 0 Å². The Balaban J connectivity index is 1.63. The maximum absolute atomic E-state index is 12.5. The second kappa shape index (κ2) is 7.55. The molecule has 0 atom stereocenters. The molecule has 0 unspecified atom stereocenters. The van der Waals surface area contributed by atoms with Gasteiger partial charge in [0.05, 0.1) is 13.7 Å². The van der Waals surface area contributed by atoms with E-state index in [4.69, 9.17) is 4.74 Å². The average Bonchev–Trinajstić information content (AvgIpc) is 3.29. The molecule has 8 heteroatoms. The minimum atomic E-state index is -3.63. The standard InChI is InChI=1S/C17H20N2O4S2/c1-23-15-8-4-13(5-9-15)12-19(14-6-7-14)16(20)11-18-25(21,22)17-3-2-10-24-17/h2-5,8-10,14,18H,6-7,11-12H2,1H3. The van der Waals surface area contributed by atoms with E-state index in [9.17, 15) is 13.2 Å². The molecule has 0 aliphatic heterocycles. The molecule has 0 radical (unpaired) electrons. The first kappa shape index (κ1) is 17.9. The van der Waals surface area contributed by atoms with E-state index in [1.54, 1.807) is 23.5 Å². The molecule has 25 heavy (non-hydrogen) atoms. The van der Waals surface area contributed by atoms with Crippen LogP contribution in [0.2, 0.25) is 0 Å². The first-order valence-corrected chi connectivity index (χ1v) is 10.3. The minimum absolute atomic E-state index is 0.195. The Labute approximate surface area is 151 Å². The first-order valence-electron chi connectivity index (χ1n) is 7.95. The fraction of sp³-hybridized carbons (Fsp3) is 0.353. The van der Waals surface area contributed by atoms with Crippen LogP contribution in [0.5, 0.6) is 5.75 Å². The van der Waals surface area contributed by atoms with Crippen LogP contribution in [-0.4, -0.2) is 38.9 Å². The molecule has 3 rings (SSSR count). The number of thiophene rings is 1. The van der Waals surface area contributed by atoms with Gasteiger partial charge in [0.25, 0.3) is 10.0 Å². The van der Waals surface area contributed by atoms with Crippen molar-refractivity contribution in [2.45, 2.75) is 29.6 Å². The predicted molar refractivity (Wildman–Crippen MR) is 96.1 cm³/mol. The smallest absolute Gasteiger partial charge is 0.250 e. The van der Waals surface area contributed by atoms with Crippen LogP contribution in [0.1, 0.15) is 18.4 Å². The molecular weight excluding hydrogens is 360 g/mol. The van der Waals surface area contributed by atoms with E-state index in [1.807, 2.05) is 24.3 Å². The summed E-state index contributed by atoms with van der Waals surface area (Å²) in [7, 11) is -2.02. The highest BCUT2D eigenvalue weighted by Gasteiger charge is 2.33. The fourth-order valence-electron chi connectivity index (χ4n) is 2.48. The summed E-state index contributed by atoms with van der Waals surface area (Å²) >= 11 is 1.13. The highest BCUT2D eigenvalue weighted by atomic mass is 32.2. The third-order valence-electron chi connectivity index (χ3n) is 3.99. The molecule has 0 saturated heterocycles. The normalized spacial score (nSPS) is 14.3. The fourth-order valence-corrected chi connectivity index (χ4v) is 4.49. The summed E-state index contributed by atoms with van der Waals surface area (Å²) in [5.74, 6) is 0.551. The molecule has 6 nitrogen and oxygen atoms in total. The van der Waals surface area contributed by atoms with E-state index >= 15 is 0 Å². The van der Waals surface area contributed by atoms with E-state index in [0.29, 0.717) is 6.54 Å². The SMILES string of the molecule is COc1ccc(CN(C(=O)CNS(=O)(=O)c2cccs2)C2CC2)cc1. The van der Waals surface area contributed by atoms with E-state index in [-0.39, 0.29) is 22.7 Å². The van der Waals surface area contributed by atoms with Crippen molar-refractivity contribution in [2.75, 3.05) is 13.7 Å². The third-order valence-corrected chi connectivity index (χ3v) is 6.79. The van der Waals surface area contributed by atoms with E-state index in [0.717, 1.165) is 35.5 Å². The zero-order valence-corrected chi connectivity index (χ0v) is 15.5. The number of amides is 1. The van der Waals surface area contributed by atoms with Gasteiger partial charge in [0.1, 0.15) is 9.96 Å². The van der Waals surface area contributed by atoms with Crippen LogP contribution in [0, 0.1) is 0 Å². The second-order valence-electron chi connectivity index (χ2n) is 5.86. The zero-order valence-electron chi connectivity index (χ0n) is 13.8. The van der Waals surface area contributed by atoms with Gasteiger partial charge in [0.15, 0.2) is 0 Å². The molecule has 0 bridgehead atoms. The molecule has 2 aromatic rings. The van der Waals surface area contributed by atoms with Crippen LogP contribution >= 0.6 is 11.3 Å². The number of methoxy groups -OCH3 is 1. The summed E-state index contributed by atoms with van der Waals surface area (Å²) in [5.41, 5.74) is 0.988. The second-order valence-corrected chi connectivity index (χ2v) is 8.80. The van der Waals surface area contributed by atoms with Gasteiger partial charge >= 0.3 is 0 Å². The Bertz CT molecular complexity index is 813. The first-order chi connectivity index (χ1) is 12.0. The molecular formula is C17H20N2O4S2. The molecule has 0 spiro atoms. The lowest BCUT2D eigenvalue weighted by Gasteiger charge is -2.23. The summed E-state index contributed by atoms with van der Waals surface area (Å²) in [6.45, 7) is 0.237. The van der Waals surface area contributed by atoms with Gasteiger partial charge in [0, 0.05) is 12.6 Å². The summed E-state index contributed by atoms with van der Waals surface area (Å²) in [6.07, 6.45) is 1.92. The number of ether oxygens (including phenoxy) is 1. The van der Waals surface area contributed by atoms with E-state index in [1.165, 1.54) is 6.07 Å². The molecule has 1 N–H and O–H groups in total. The van der Waals surface area contributed by atoms with Crippen molar-refractivity contribution in [3.8, 4) is 5.75 Å². The van der Waals surface area contributed by atoms with Crippen LogP contribution in [0.15, 0.2) is 46.0 Å². The van der Waals surface area contributed by atoms with Crippen molar-refractivity contribution in [1.29, 1.82) is 0 Å². The van der Waals surface area contributed by atoms with Gasteiger partial charge in [0.2, 0.25) is 5.91 Å². The average molecular weight is 380 g/mol. The summed E-state index contributed by atoms with van der Waals surface area (Å²) < 4.78 is 32.1. The molecule has 1 fully saturated rings. The van der Waals surface area contributed by atoms with Crippen molar-refractivity contribution < 1.29 is 17.9 Å². The molecule has 1 heterocycles. The zero-order chi connectivity index (χ0) is 17.9. The van der Waals surface area contributed by atoms with Crippen molar-refractivity contribution in [3.63, 3.8) is 0 Å². The lowest BCUT2D eigenvalue weighted by Crippen LogP contribution is -2.40. The number of hydrogen-bond donors (Lipinski definition) is 1. The quantitative estimate of drug-likeness (QED) is 0.762. The lowest BCUT2D eigenvalue weighted by molar-refractivity contribution is -0.131. The molecule has 1 amide bonds. The third kappa shape index (κ3) is 4.59. The van der Waals surface area contributed by atoms with Crippen molar-refractivity contribution >= 4 is 27.3 Å². The maximum atomic E-state index is 12.5. The number of rotatable bonds is 8. The molecule has 1 aromatic heterocycles. The Morgan fingerprint density at radius 3 is 2.56 bits per heavy atom. The molecule has 1 aliphatic rings. The van der Waals surface area contributed by atoms with Crippen molar-refractivity contribution in [3.05, 3.63) is 47.3 Å². The van der Waals surface area contributed by atoms with E-state index in [2.05, 4.69) is 4.72 Å².